The Bertz CT molecular complexity index is 1050. The van der Waals surface area contributed by atoms with Crippen molar-refractivity contribution in [2.24, 2.45) is 0 Å². The van der Waals surface area contributed by atoms with Gasteiger partial charge in [-0.1, -0.05) is 224 Å². The monoisotopic (exact) mass is 871 g/mol. The molecule has 0 N–H and O–H groups in total. The number of esters is 3. The van der Waals surface area contributed by atoms with E-state index in [9.17, 15) is 14.4 Å². The van der Waals surface area contributed by atoms with E-state index in [0.717, 1.165) is 77.0 Å². The van der Waals surface area contributed by atoms with Crippen LogP contribution in [0.4, 0.5) is 0 Å². The predicted molar refractivity (Wildman–Crippen MR) is 266 cm³/mol. The van der Waals surface area contributed by atoms with E-state index in [1.165, 1.54) is 167 Å². The van der Waals surface area contributed by atoms with Crippen molar-refractivity contribution in [3.63, 3.8) is 0 Å². The van der Waals surface area contributed by atoms with E-state index in [4.69, 9.17) is 14.2 Å². The first kappa shape index (κ1) is 59.6. The SMILES string of the molecule is CCCCCC/C=C\C/C=C\CCCCCCCCCC(=O)OCC(COC(=O)CCCCCCCCCCCC)OC(=O)CCCCCCC/C=C\CCCCCCCCC. The summed E-state index contributed by atoms with van der Waals surface area (Å²) in [5, 5.41) is 0. The summed E-state index contributed by atoms with van der Waals surface area (Å²) in [5.41, 5.74) is 0. The molecule has 0 aliphatic carbocycles. The lowest BCUT2D eigenvalue weighted by molar-refractivity contribution is -0.167. The van der Waals surface area contributed by atoms with Crippen LogP contribution in [0.1, 0.15) is 284 Å². The van der Waals surface area contributed by atoms with E-state index in [-0.39, 0.29) is 31.1 Å². The maximum Gasteiger partial charge on any atom is 0.306 e. The summed E-state index contributed by atoms with van der Waals surface area (Å²) < 4.78 is 16.8. The third-order valence-electron chi connectivity index (χ3n) is 11.9. The molecule has 0 fully saturated rings. The van der Waals surface area contributed by atoms with Crippen LogP contribution in [0.3, 0.4) is 0 Å². The summed E-state index contributed by atoms with van der Waals surface area (Å²) in [6.07, 6.45) is 59.8. The molecule has 0 spiro atoms. The Morgan fingerprint density at radius 3 is 0.919 bits per heavy atom. The van der Waals surface area contributed by atoms with Gasteiger partial charge >= 0.3 is 17.9 Å². The van der Waals surface area contributed by atoms with Crippen LogP contribution in [0.5, 0.6) is 0 Å². The van der Waals surface area contributed by atoms with Gasteiger partial charge in [0.05, 0.1) is 0 Å². The number of allylic oxidation sites excluding steroid dienone is 6. The Balaban J connectivity index is 4.33. The molecule has 6 heteroatoms. The lowest BCUT2D eigenvalue weighted by Gasteiger charge is -2.18. The third-order valence-corrected chi connectivity index (χ3v) is 11.9. The number of hydrogen-bond acceptors (Lipinski definition) is 6. The van der Waals surface area contributed by atoms with Gasteiger partial charge in [-0.3, -0.25) is 14.4 Å². The highest BCUT2D eigenvalue weighted by Crippen LogP contribution is 2.15. The van der Waals surface area contributed by atoms with Crippen LogP contribution in [0.25, 0.3) is 0 Å². The summed E-state index contributed by atoms with van der Waals surface area (Å²) in [4.78, 5) is 38.0. The van der Waals surface area contributed by atoms with Gasteiger partial charge in [0.1, 0.15) is 13.2 Å². The molecule has 0 saturated carbocycles. The molecule has 0 bridgehead atoms. The second-order valence-electron chi connectivity index (χ2n) is 18.1. The van der Waals surface area contributed by atoms with Crippen molar-refractivity contribution < 1.29 is 28.6 Å². The highest BCUT2D eigenvalue weighted by Gasteiger charge is 2.19. The molecule has 0 aromatic rings. The average Bonchev–Trinajstić information content (AvgIpc) is 3.27. The number of carbonyl (C=O) groups is 3. The van der Waals surface area contributed by atoms with Crippen molar-refractivity contribution in [1.82, 2.24) is 0 Å². The molecule has 0 rings (SSSR count). The van der Waals surface area contributed by atoms with Crippen LogP contribution in [-0.2, 0) is 28.6 Å². The number of carbonyl (C=O) groups excluding carboxylic acids is 3. The summed E-state index contributed by atoms with van der Waals surface area (Å²) in [7, 11) is 0. The fourth-order valence-corrected chi connectivity index (χ4v) is 7.76. The average molecular weight is 871 g/mol. The maximum absolute atomic E-state index is 12.8. The minimum absolute atomic E-state index is 0.0753. The molecule has 0 aliphatic heterocycles. The van der Waals surface area contributed by atoms with Gasteiger partial charge in [-0.15, -0.1) is 0 Å². The first-order chi connectivity index (χ1) is 30.5. The molecule has 0 amide bonds. The molecule has 1 unspecified atom stereocenters. The van der Waals surface area contributed by atoms with Crippen molar-refractivity contribution in [3.05, 3.63) is 36.5 Å². The summed E-state index contributed by atoms with van der Waals surface area (Å²) in [5.74, 6) is -0.882. The van der Waals surface area contributed by atoms with E-state index in [0.29, 0.717) is 19.3 Å². The first-order valence-electron chi connectivity index (χ1n) is 27.0. The zero-order valence-electron chi connectivity index (χ0n) is 41.4. The highest BCUT2D eigenvalue weighted by molar-refractivity contribution is 5.71. The van der Waals surface area contributed by atoms with Gasteiger partial charge in [-0.05, 0) is 77.0 Å². The number of unbranched alkanes of at least 4 members (excludes halogenated alkanes) is 32. The smallest absolute Gasteiger partial charge is 0.306 e. The minimum Gasteiger partial charge on any atom is -0.462 e. The van der Waals surface area contributed by atoms with Crippen molar-refractivity contribution in [3.8, 4) is 0 Å². The summed E-state index contributed by atoms with van der Waals surface area (Å²) >= 11 is 0. The largest absolute Gasteiger partial charge is 0.462 e. The van der Waals surface area contributed by atoms with Gasteiger partial charge in [0.2, 0.25) is 0 Å². The Hall–Kier alpha value is -2.37. The standard InChI is InChI=1S/C56H102O6/c1-4-7-10-13-16-19-22-24-26-28-29-31-32-34-37-40-43-46-49-55(58)61-52-53(51-60-54(57)48-45-42-39-36-21-18-15-12-9-6-3)62-56(59)50-47-44-41-38-35-33-30-27-25-23-20-17-14-11-8-5-2/h19,22,26-28,30,53H,4-18,20-21,23-25,29,31-52H2,1-3H3/b22-19-,28-26-,30-27-. The molecule has 0 saturated heterocycles. The van der Waals surface area contributed by atoms with E-state index >= 15 is 0 Å². The Morgan fingerprint density at radius 1 is 0.323 bits per heavy atom. The van der Waals surface area contributed by atoms with E-state index in [1.807, 2.05) is 0 Å². The van der Waals surface area contributed by atoms with E-state index < -0.39 is 6.10 Å². The molecule has 0 aromatic heterocycles. The van der Waals surface area contributed by atoms with Crippen LogP contribution < -0.4 is 0 Å². The highest BCUT2D eigenvalue weighted by atomic mass is 16.6. The second-order valence-corrected chi connectivity index (χ2v) is 18.1. The second kappa shape index (κ2) is 51.3. The normalized spacial score (nSPS) is 12.2. The Labute approximate surface area is 385 Å². The fourth-order valence-electron chi connectivity index (χ4n) is 7.76. The van der Waals surface area contributed by atoms with Crippen LogP contribution in [-0.4, -0.2) is 37.2 Å². The molecule has 1 atom stereocenters. The molecule has 0 aliphatic rings. The molecule has 0 radical (unpaired) electrons. The van der Waals surface area contributed by atoms with Gasteiger partial charge in [-0.2, -0.15) is 0 Å². The van der Waals surface area contributed by atoms with Crippen molar-refractivity contribution >= 4 is 17.9 Å². The van der Waals surface area contributed by atoms with Crippen LogP contribution in [0.2, 0.25) is 0 Å². The maximum atomic E-state index is 12.8. The third kappa shape index (κ3) is 48.7. The van der Waals surface area contributed by atoms with Crippen molar-refractivity contribution in [2.75, 3.05) is 13.2 Å². The molecular weight excluding hydrogens is 769 g/mol. The van der Waals surface area contributed by atoms with E-state index in [2.05, 4.69) is 57.2 Å². The predicted octanol–water partition coefficient (Wildman–Crippen LogP) is 17.7. The van der Waals surface area contributed by atoms with E-state index in [1.54, 1.807) is 0 Å². The van der Waals surface area contributed by atoms with Gasteiger partial charge in [0.15, 0.2) is 6.10 Å². The van der Waals surface area contributed by atoms with Gasteiger partial charge in [0.25, 0.3) is 0 Å². The lowest BCUT2D eigenvalue weighted by atomic mass is 10.1. The van der Waals surface area contributed by atoms with Crippen molar-refractivity contribution in [2.45, 2.75) is 290 Å². The minimum atomic E-state index is -0.775. The molecule has 362 valence electrons. The Kier molecular flexibility index (Phi) is 49.3. The van der Waals surface area contributed by atoms with Crippen LogP contribution in [0.15, 0.2) is 36.5 Å². The van der Waals surface area contributed by atoms with Crippen LogP contribution >= 0.6 is 0 Å². The summed E-state index contributed by atoms with van der Waals surface area (Å²) in [6, 6.07) is 0. The van der Waals surface area contributed by atoms with Crippen LogP contribution in [0, 0.1) is 0 Å². The quantitative estimate of drug-likeness (QED) is 0.0262. The topological polar surface area (TPSA) is 78.9 Å². The summed E-state index contributed by atoms with van der Waals surface area (Å²) in [6.45, 7) is 6.62. The van der Waals surface area contributed by atoms with Crippen molar-refractivity contribution in [1.29, 1.82) is 0 Å². The van der Waals surface area contributed by atoms with Gasteiger partial charge in [-0.25, -0.2) is 0 Å². The molecule has 6 nitrogen and oxygen atoms in total. The molecular formula is C56H102O6. The zero-order valence-corrected chi connectivity index (χ0v) is 41.4. The molecule has 0 heterocycles. The molecule has 0 aromatic carbocycles. The molecule has 62 heavy (non-hydrogen) atoms. The first-order valence-corrected chi connectivity index (χ1v) is 27.0. The Morgan fingerprint density at radius 2 is 0.581 bits per heavy atom. The fraction of sp³-hybridized carbons (Fsp3) is 0.839. The zero-order chi connectivity index (χ0) is 45.1. The van der Waals surface area contributed by atoms with Gasteiger partial charge in [0, 0.05) is 19.3 Å². The lowest BCUT2D eigenvalue weighted by Crippen LogP contribution is -2.30. The number of ether oxygens (including phenoxy) is 3. The van der Waals surface area contributed by atoms with Gasteiger partial charge < -0.3 is 14.2 Å². The number of rotatable bonds is 49. The number of hydrogen-bond donors (Lipinski definition) is 0.